The average molecular weight is 337 g/mol. The first-order valence-corrected chi connectivity index (χ1v) is 9.46. The Morgan fingerprint density at radius 2 is 2.00 bits per heavy atom. The summed E-state index contributed by atoms with van der Waals surface area (Å²) in [7, 11) is -3.52. The van der Waals surface area contributed by atoms with Crippen molar-refractivity contribution in [1.29, 1.82) is 0 Å². The normalized spacial score (nSPS) is 27.0. The maximum absolute atomic E-state index is 12.8. The molecule has 1 saturated carbocycles. The Labute approximate surface area is 135 Å². The summed E-state index contributed by atoms with van der Waals surface area (Å²) in [5.74, 6) is -1.30. The van der Waals surface area contributed by atoms with E-state index in [0.29, 0.717) is 13.0 Å². The second-order valence-corrected chi connectivity index (χ2v) is 8.49. The van der Waals surface area contributed by atoms with Gasteiger partial charge in [0.25, 0.3) is 5.91 Å². The zero-order valence-corrected chi connectivity index (χ0v) is 13.7. The highest BCUT2D eigenvalue weighted by atomic mass is 32.2. The lowest BCUT2D eigenvalue weighted by Gasteiger charge is -2.23. The number of likely N-dealkylation sites (tertiary alicyclic amines) is 1. The third-order valence-corrected chi connectivity index (χ3v) is 6.26. The van der Waals surface area contributed by atoms with Crippen LogP contribution in [-0.2, 0) is 14.6 Å². The molecule has 1 heterocycles. The van der Waals surface area contributed by atoms with Gasteiger partial charge in [-0.05, 0) is 30.9 Å². The van der Waals surface area contributed by atoms with Gasteiger partial charge in [0.15, 0.2) is 9.84 Å². The monoisotopic (exact) mass is 337 g/mol. The average Bonchev–Trinajstić information content (AvgIpc) is 3.03. The number of nitrogens with zero attached hydrogens (tertiary/aromatic N) is 1. The summed E-state index contributed by atoms with van der Waals surface area (Å²) >= 11 is 0. The van der Waals surface area contributed by atoms with Crippen LogP contribution < -0.4 is 0 Å². The van der Waals surface area contributed by atoms with E-state index in [1.807, 2.05) is 0 Å². The number of sulfone groups is 1. The Kier molecular flexibility index (Phi) is 3.71. The molecule has 1 amide bonds. The topological polar surface area (TPSA) is 91.8 Å². The third kappa shape index (κ3) is 2.52. The van der Waals surface area contributed by atoms with Crippen molar-refractivity contribution in [2.45, 2.75) is 24.2 Å². The molecule has 1 aromatic rings. The zero-order chi connectivity index (χ0) is 16.8. The van der Waals surface area contributed by atoms with Gasteiger partial charge in [-0.2, -0.15) is 0 Å². The molecule has 1 aromatic carbocycles. The van der Waals surface area contributed by atoms with E-state index in [1.54, 1.807) is 12.1 Å². The van der Waals surface area contributed by atoms with Crippen LogP contribution >= 0.6 is 0 Å². The highest BCUT2D eigenvalue weighted by Gasteiger charge is 2.55. The first-order chi connectivity index (χ1) is 10.8. The van der Waals surface area contributed by atoms with Gasteiger partial charge in [-0.3, -0.25) is 9.59 Å². The number of carboxylic acid groups (broad SMARTS) is 1. The number of hydrogen-bond donors (Lipinski definition) is 1. The fourth-order valence-electron chi connectivity index (χ4n) is 3.93. The van der Waals surface area contributed by atoms with Gasteiger partial charge >= 0.3 is 5.97 Å². The molecule has 2 atom stereocenters. The van der Waals surface area contributed by atoms with Gasteiger partial charge in [0.05, 0.1) is 15.9 Å². The van der Waals surface area contributed by atoms with Crippen molar-refractivity contribution in [3.05, 3.63) is 29.8 Å². The van der Waals surface area contributed by atoms with E-state index in [-0.39, 0.29) is 22.9 Å². The first-order valence-electron chi connectivity index (χ1n) is 7.57. The van der Waals surface area contributed by atoms with Gasteiger partial charge in [-0.1, -0.05) is 18.6 Å². The van der Waals surface area contributed by atoms with Gasteiger partial charge in [0.1, 0.15) is 0 Å². The van der Waals surface area contributed by atoms with Gasteiger partial charge in [-0.25, -0.2) is 8.42 Å². The van der Waals surface area contributed by atoms with Gasteiger partial charge < -0.3 is 10.0 Å². The number of fused-ring (bicyclic) bond motifs is 1. The number of rotatable bonds is 3. The maximum atomic E-state index is 12.8. The van der Waals surface area contributed by atoms with E-state index >= 15 is 0 Å². The van der Waals surface area contributed by atoms with E-state index in [4.69, 9.17) is 0 Å². The van der Waals surface area contributed by atoms with Gasteiger partial charge in [-0.15, -0.1) is 0 Å². The summed E-state index contributed by atoms with van der Waals surface area (Å²) in [5, 5.41) is 9.59. The standard InChI is InChI=1S/C16H19NO5S/c1-23(21,22)13-7-3-2-6-12(13)14(18)17-9-11-5-4-8-16(11,10-17)15(19)20/h2-3,6-7,11H,4-5,8-10H2,1H3,(H,19,20)/t11-,16+/m0/s1. The molecule has 0 aromatic heterocycles. The van der Waals surface area contributed by atoms with Crippen molar-refractivity contribution in [2.75, 3.05) is 19.3 Å². The number of hydrogen-bond acceptors (Lipinski definition) is 4. The van der Waals surface area contributed by atoms with Crippen molar-refractivity contribution in [2.24, 2.45) is 11.3 Å². The molecule has 0 radical (unpaired) electrons. The molecule has 1 N–H and O–H groups in total. The lowest BCUT2D eigenvalue weighted by molar-refractivity contribution is -0.149. The molecular weight excluding hydrogens is 318 g/mol. The van der Waals surface area contributed by atoms with Crippen molar-refractivity contribution in [3.8, 4) is 0 Å². The van der Waals surface area contributed by atoms with E-state index < -0.39 is 27.1 Å². The Bertz CT molecular complexity index is 772. The van der Waals surface area contributed by atoms with Crippen LogP contribution in [0, 0.1) is 11.3 Å². The molecule has 3 rings (SSSR count). The Morgan fingerprint density at radius 1 is 1.30 bits per heavy atom. The molecule has 23 heavy (non-hydrogen) atoms. The lowest BCUT2D eigenvalue weighted by atomic mass is 9.81. The molecule has 1 aliphatic heterocycles. The van der Waals surface area contributed by atoms with Crippen LogP contribution in [0.4, 0.5) is 0 Å². The van der Waals surface area contributed by atoms with Crippen LogP contribution in [0.3, 0.4) is 0 Å². The minimum atomic E-state index is -3.52. The van der Waals surface area contributed by atoms with E-state index in [0.717, 1.165) is 19.1 Å². The molecule has 1 aliphatic carbocycles. The van der Waals surface area contributed by atoms with Gasteiger partial charge in [0, 0.05) is 19.3 Å². The fourth-order valence-corrected chi connectivity index (χ4v) is 4.81. The predicted octanol–water partition coefficient (Wildman–Crippen LogP) is 1.42. The largest absolute Gasteiger partial charge is 0.481 e. The quantitative estimate of drug-likeness (QED) is 0.900. The second kappa shape index (κ2) is 5.33. The molecule has 124 valence electrons. The van der Waals surface area contributed by atoms with Crippen LogP contribution in [0.5, 0.6) is 0 Å². The van der Waals surface area contributed by atoms with Crippen LogP contribution in [-0.4, -0.2) is 49.6 Å². The smallest absolute Gasteiger partial charge is 0.311 e. The fraction of sp³-hybridized carbons (Fsp3) is 0.500. The minimum absolute atomic E-state index is 0.00793. The second-order valence-electron chi connectivity index (χ2n) is 6.50. The number of carboxylic acids is 1. The van der Waals surface area contributed by atoms with Crippen molar-refractivity contribution < 1.29 is 23.1 Å². The molecule has 1 saturated heterocycles. The SMILES string of the molecule is CS(=O)(=O)c1ccccc1C(=O)N1C[C@@H]2CCC[C@@]2(C(=O)O)C1. The third-order valence-electron chi connectivity index (χ3n) is 5.10. The van der Waals surface area contributed by atoms with Crippen LogP contribution in [0.25, 0.3) is 0 Å². The summed E-state index contributed by atoms with van der Waals surface area (Å²) in [6, 6.07) is 6.09. The lowest BCUT2D eigenvalue weighted by Crippen LogP contribution is -2.37. The number of aliphatic carboxylic acids is 1. The molecule has 7 heteroatoms. The van der Waals surface area contributed by atoms with E-state index in [2.05, 4.69) is 0 Å². The molecule has 0 spiro atoms. The van der Waals surface area contributed by atoms with E-state index in [9.17, 15) is 23.1 Å². The van der Waals surface area contributed by atoms with Crippen LogP contribution in [0.1, 0.15) is 29.6 Å². The van der Waals surface area contributed by atoms with E-state index in [1.165, 1.54) is 17.0 Å². The highest BCUT2D eigenvalue weighted by Crippen LogP contribution is 2.49. The molecular formula is C16H19NO5S. The molecule has 0 bridgehead atoms. The molecule has 6 nitrogen and oxygen atoms in total. The summed E-state index contributed by atoms with van der Waals surface area (Å²) < 4.78 is 23.8. The minimum Gasteiger partial charge on any atom is -0.481 e. The number of benzene rings is 1. The molecule has 2 fully saturated rings. The maximum Gasteiger partial charge on any atom is 0.311 e. The Balaban J connectivity index is 1.94. The van der Waals surface area contributed by atoms with Crippen molar-refractivity contribution >= 4 is 21.7 Å². The summed E-state index contributed by atoms with van der Waals surface area (Å²) in [5.41, 5.74) is -0.745. The van der Waals surface area contributed by atoms with Crippen molar-refractivity contribution in [3.63, 3.8) is 0 Å². The van der Waals surface area contributed by atoms with Crippen LogP contribution in [0.15, 0.2) is 29.2 Å². The summed E-state index contributed by atoms with van der Waals surface area (Å²) in [6.07, 6.45) is 3.30. The first kappa shape index (κ1) is 16.0. The zero-order valence-electron chi connectivity index (χ0n) is 12.9. The number of amides is 1. The van der Waals surface area contributed by atoms with Crippen molar-refractivity contribution in [1.82, 2.24) is 4.90 Å². The molecule has 0 unspecified atom stereocenters. The molecule has 2 aliphatic rings. The summed E-state index contributed by atoms with van der Waals surface area (Å²) in [4.78, 5) is 26.0. The van der Waals surface area contributed by atoms with Gasteiger partial charge in [0.2, 0.25) is 0 Å². The number of carbonyl (C=O) groups is 2. The Hall–Kier alpha value is -1.89. The predicted molar refractivity (Wildman–Crippen MR) is 82.9 cm³/mol. The highest BCUT2D eigenvalue weighted by molar-refractivity contribution is 7.90. The number of carbonyl (C=O) groups excluding carboxylic acids is 1. The van der Waals surface area contributed by atoms with Crippen LogP contribution in [0.2, 0.25) is 0 Å². The Morgan fingerprint density at radius 3 is 2.61 bits per heavy atom. The summed E-state index contributed by atoms with van der Waals surface area (Å²) in [6.45, 7) is 0.535.